The van der Waals surface area contributed by atoms with Crippen LogP contribution in [0.4, 0.5) is 4.39 Å². The number of hydrogen-bond donors (Lipinski definition) is 0. The Labute approximate surface area is 93.0 Å². The first-order valence-electron chi connectivity index (χ1n) is 4.34. The maximum atomic E-state index is 12.8. The highest BCUT2D eigenvalue weighted by Gasteiger charge is 2.05. The molecule has 0 N–H and O–H groups in total. The summed E-state index contributed by atoms with van der Waals surface area (Å²) in [5.74, 6) is -0.726. The molecule has 0 fully saturated rings. The summed E-state index contributed by atoms with van der Waals surface area (Å²) in [5, 5.41) is -0.0425. The molecule has 80 valence electrons. The van der Waals surface area contributed by atoms with E-state index in [0.29, 0.717) is 5.56 Å². The second kappa shape index (κ2) is 4.94. The zero-order chi connectivity index (χ0) is 11.4. The smallest absolute Gasteiger partial charge is 0.187 e. The first kappa shape index (κ1) is 11.7. The predicted molar refractivity (Wildman–Crippen MR) is 58.6 cm³/mol. The van der Waals surface area contributed by atoms with Gasteiger partial charge in [-0.05, 0) is 18.2 Å². The molecule has 0 saturated heterocycles. The number of halogens is 2. The van der Waals surface area contributed by atoms with Gasteiger partial charge in [0.2, 0.25) is 0 Å². The van der Waals surface area contributed by atoms with Gasteiger partial charge in [-0.2, -0.15) is 0 Å². The molecule has 4 heteroatoms. The molecule has 0 aliphatic rings. The molecule has 1 aromatic carbocycles. The molecule has 0 unspecified atom stereocenters. The van der Waals surface area contributed by atoms with Crippen LogP contribution in [0.15, 0.2) is 30.5 Å². The third-order valence-electron chi connectivity index (χ3n) is 1.73. The largest absolute Gasteiger partial charge is 0.383 e. The SMILES string of the molecule is CN(C)C=CC(=O)c1ccc(F)c(Cl)c1. The van der Waals surface area contributed by atoms with Crippen molar-refractivity contribution in [1.82, 2.24) is 4.90 Å². The van der Waals surface area contributed by atoms with E-state index >= 15 is 0 Å². The van der Waals surface area contributed by atoms with Gasteiger partial charge in [-0.25, -0.2) is 4.39 Å². The van der Waals surface area contributed by atoms with Crippen molar-refractivity contribution in [2.24, 2.45) is 0 Å². The summed E-state index contributed by atoms with van der Waals surface area (Å²) in [6, 6.07) is 3.90. The molecule has 0 atom stereocenters. The maximum Gasteiger partial charge on any atom is 0.187 e. The third-order valence-corrected chi connectivity index (χ3v) is 2.02. The van der Waals surface area contributed by atoms with Crippen molar-refractivity contribution in [2.75, 3.05) is 14.1 Å². The zero-order valence-electron chi connectivity index (χ0n) is 8.50. The summed E-state index contributed by atoms with van der Waals surface area (Å²) < 4.78 is 12.8. The monoisotopic (exact) mass is 227 g/mol. The lowest BCUT2D eigenvalue weighted by molar-refractivity contribution is 0.104. The Bertz CT molecular complexity index is 402. The lowest BCUT2D eigenvalue weighted by Crippen LogP contribution is -2.03. The summed E-state index contributed by atoms with van der Waals surface area (Å²) in [6.45, 7) is 0. The summed E-state index contributed by atoms with van der Waals surface area (Å²) in [5.41, 5.74) is 0.375. The highest BCUT2D eigenvalue weighted by atomic mass is 35.5. The maximum absolute atomic E-state index is 12.8. The van der Waals surface area contributed by atoms with Crippen LogP contribution >= 0.6 is 11.6 Å². The van der Waals surface area contributed by atoms with Crippen LogP contribution in [0.2, 0.25) is 5.02 Å². The van der Waals surface area contributed by atoms with Gasteiger partial charge in [0.15, 0.2) is 5.78 Å². The third kappa shape index (κ3) is 3.36. The summed E-state index contributed by atoms with van der Waals surface area (Å²) in [7, 11) is 3.61. The number of allylic oxidation sites excluding steroid dienone is 1. The van der Waals surface area contributed by atoms with Crippen LogP contribution in [0.3, 0.4) is 0 Å². The number of carbonyl (C=O) groups excluding carboxylic acids is 1. The molecule has 0 aliphatic heterocycles. The summed E-state index contributed by atoms with van der Waals surface area (Å²) in [6.07, 6.45) is 3.03. The predicted octanol–water partition coefficient (Wildman–Crippen LogP) is 2.74. The summed E-state index contributed by atoms with van der Waals surface area (Å²) in [4.78, 5) is 13.3. The van der Waals surface area contributed by atoms with Crippen LogP contribution in [0, 0.1) is 5.82 Å². The fourth-order valence-corrected chi connectivity index (χ4v) is 1.14. The molecule has 0 bridgehead atoms. The van der Waals surface area contributed by atoms with Crippen LogP contribution < -0.4 is 0 Å². The van der Waals surface area contributed by atoms with Gasteiger partial charge in [-0.1, -0.05) is 11.6 Å². The fourth-order valence-electron chi connectivity index (χ4n) is 0.962. The second-order valence-electron chi connectivity index (χ2n) is 3.27. The van der Waals surface area contributed by atoms with Crippen molar-refractivity contribution >= 4 is 17.4 Å². The van der Waals surface area contributed by atoms with E-state index in [1.54, 1.807) is 25.2 Å². The van der Waals surface area contributed by atoms with E-state index < -0.39 is 5.82 Å². The highest BCUT2D eigenvalue weighted by molar-refractivity contribution is 6.31. The molecule has 15 heavy (non-hydrogen) atoms. The van der Waals surface area contributed by atoms with Gasteiger partial charge < -0.3 is 4.90 Å². The minimum atomic E-state index is -0.523. The lowest BCUT2D eigenvalue weighted by atomic mass is 10.1. The van der Waals surface area contributed by atoms with Gasteiger partial charge in [-0.15, -0.1) is 0 Å². The van der Waals surface area contributed by atoms with Crippen molar-refractivity contribution in [3.8, 4) is 0 Å². The Morgan fingerprint density at radius 1 is 1.47 bits per heavy atom. The van der Waals surface area contributed by atoms with Gasteiger partial charge in [0.1, 0.15) is 5.82 Å². The number of ketones is 1. The molecule has 0 spiro atoms. The van der Waals surface area contributed by atoms with Crippen LogP contribution in [0.25, 0.3) is 0 Å². The van der Waals surface area contributed by atoms with E-state index in [2.05, 4.69) is 0 Å². The van der Waals surface area contributed by atoms with E-state index in [0.717, 1.165) is 0 Å². The first-order valence-corrected chi connectivity index (χ1v) is 4.72. The number of benzene rings is 1. The Kier molecular flexibility index (Phi) is 3.86. The molecule has 0 saturated carbocycles. The average Bonchev–Trinajstić information content (AvgIpc) is 2.18. The van der Waals surface area contributed by atoms with Gasteiger partial charge in [0.05, 0.1) is 5.02 Å². The number of carbonyl (C=O) groups is 1. The minimum Gasteiger partial charge on any atom is -0.383 e. The quantitative estimate of drug-likeness (QED) is 0.585. The van der Waals surface area contributed by atoms with E-state index in [9.17, 15) is 9.18 Å². The molecule has 1 rings (SSSR count). The Morgan fingerprint density at radius 3 is 2.67 bits per heavy atom. The van der Waals surface area contributed by atoms with E-state index in [1.807, 2.05) is 0 Å². The van der Waals surface area contributed by atoms with E-state index in [-0.39, 0.29) is 10.8 Å². The van der Waals surface area contributed by atoms with Crippen LogP contribution in [-0.2, 0) is 0 Å². The van der Waals surface area contributed by atoms with Crippen LogP contribution in [-0.4, -0.2) is 24.8 Å². The number of rotatable bonds is 3. The number of hydrogen-bond acceptors (Lipinski definition) is 2. The van der Waals surface area contributed by atoms with Crippen molar-refractivity contribution in [2.45, 2.75) is 0 Å². The molecule has 0 aliphatic carbocycles. The van der Waals surface area contributed by atoms with Crippen LogP contribution in [0.1, 0.15) is 10.4 Å². The van der Waals surface area contributed by atoms with E-state index in [4.69, 9.17) is 11.6 Å². The molecule has 2 nitrogen and oxygen atoms in total. The second-order valence-corrected chi connectivity index (χ2v) is 3.68. The minimum absolute atomic E-state index is 0.0425. The molecular weight excluding hydrogens is 217 g/mol. The average molecular weight is 228 g/mol. The normalized spacial score (nSPS) is 10.7. The standard InChI is InChI=1S/C11H11ClFNO/c1-14(2)6-5-11(15)8-3-4-10(13)9(12)7-8/h3-7H,1-2H3. The van der Waals surface area contributed by atoms with Crippen molar-refractivity contribution < 1.29 is 9.18 Å². The molecule has 0 amide bonds. The van der Waals surface area contributed by atoms with Crippen LogP contribution in [0.5, 0.6) is 0 Å². The van der Waals surface area contributed by atoms with Crippen molar-refractivity contribution in [1.29, 1.82) is 0 Å². The lowest BCUT2D eigenvalue weighted by Gasteiger charge is -2.03. The first-order chi connectivity index (χ1) is 7.00. The topological polar surface area (TPSA) is 20.3 Å². The van der Waals surface area contributed by atoms with Crippen molar-refractivity contribution in [3.63, 3.8) is 0 Å². The highest BCUT2D eigenvalue weighted by Crippen LogP contribution is 2.16. The van der Waals surface area contributed by atoms with Gasteiger partial charge in [0.25, 0.3) is 0 Å². The molecule has 0 aromatic heterocycles. The molecular formula is C11H11ClFNO. The number of nitrogens with zero attached hydrogens (tertiary/aromatic N) is 1. The Morgan fingerprint density at radius 2 is 2.13 bits per heavy atom. The Balaban J connectivity index is 2.88. The molecule has 0 radical (unpaired) electrons. The molecule has 1 aromatic rings. The van der Waals surface area contributed by atoms with Gasteiger partial charge in [-0.3, -0.25) is 4.79 Å². The zero-order valence-corrected chi connectivity index (χ0v) is 9.25. The van der Waals surface area contributed by atoms with Crippen molar-refractivity contribution in [3.05, 3.63) is 46.9 Å². The van der Waals surface area contributed by atoms with Gasteiger partial charge >= 0.3 is 0 Å². The fraction of sp³-hybridized carbons (Fsp3) is 0.182. The molecule has 0 heterocycles. The summed E-state index contributed by atoms with van der Waals surface area (Å²) >= 11 is 5.56. The Hall–Kier alpha value is -1.35. The van der Waals surface area contributed by atoms with Gasteiger partial charge in [0, 0.05) is 31.9 Å². The van der Waals surface area contributed by atoms with E-state index in [1.165, 1.54) is 24.3 Å².